The zero-order valence-corrected chi connectivity index (χ0v) is 15.3. The van der Waals surface area contributed by atoms with E-state index in [4.69, 9.17) is 5.73 Å². The Labute approximate surface area is 150 Å². The second-order valence-electron chi connectivity index (χ2n) is 5.62. The van der Waals surface area contributed by atoms with Gasteiger partial charge in [0.1, 0.15) is 11.6 Å². The number of hydrogen-bond acceptors (Lipinski definition) is 7. The van der Waals surface area contributed by atoms with Gasteiger partial charge >= 0.3 is 0 Å². The molecule has 3 heterocycles. The van der Waals surface area contributed by atoms with Crippen LogP contribution in [0, 0.1) is 0 Å². The summed E-state index contributed by atoms with van der Waals surface area (Å²) in [5, 5.41) is 2.69. The van der Waals surface area contributed by atoms with Gasteiger partial charge in [-0.1, -0.05) is 17.8 Å². The fraction of sp³-hybridized carbons (Fsp3) is 0.438. The summed E-state index contributed by atoms with van der Waals surface area (Å²) in [5.41, 5.74) is 5.88. The SMILES string of the molecule is CSc1nc(N)cc(N2CCCN(C(=O)Cc3cccs3)CC2)n1. The van der Waals surface area contributed by atoms with Crippen LogP contribution in [0.1, 0.15) is 11.3 Å². The van der Waals surface area contributed by atoms with E-state index in [1.807, 2.05) is 34.7 Å². The Bertz CT molecular complexity index is 692. The predicted octanol–water partition coefficient (Wildman–Crippen LogP) is 2.12. The van der Waals surface area contributed by atoms with Crippen molar-refractivity contribution in [2.45, 2.75) is 18.0 Å². The molecule has 128 valence electrons. The molecule has 0 spiro atoms. The average Bonchev–Trinajstić information content (AvgIpc) is 2.95. The molecule has 0 aromatic carbocycles. The fourth-order valence-electron chi connectivity index (χ4n) is 2.75. The summed E-state index contributed by atoms with van der Waals surface area (Å²) in [6, 6.07) is 5.81. The Hall–Kier alpha value is -1.80. The van der Waals surface area contributed by atoms with Crippen LogP contribution >= 0.6 is 23.1 Å². The van der Waals surface area contributed by atoms with E-state index in [1.165, 1.54) is 11.8 Å². The van der Waals surface area contributed by atoms with Crippen molar-refractivity contribution in [2.24, 2.45) is 0 Å². The molecule has 24 heavy (non-hydrogen) atoms. The summed E-state index contributed by atoms with van der Waals surface area (Å²) in [5.74, 6) is 1.53. The Balaban J connectivity index is 1.64. The van der Waals surface area contributed by atoms with E-state index in [1.54, 1.807) is 11.3 Å². The van der Waals surface area contributed by atoms with E-state index >= 15 is 0 Å². The maximum absolute atomic E-state index is 12.5. The quantitative estimate of drug-likeness (QED) is 0.662. The Kier molecular flexibility index (Phi) is 5.57. The van der Waals surface area contributed by atoms with Crippen molar-refractivity contribution < 1.29 is 4.79 Å². The molecule has 0 bridgehead atoms. The largest absolute Gasteiger partial charge is 0.383 e. The lowest BCUT2D eigenvalue weighted by atomic mass is 10.3. The van der Waals surface area contributed by atoms with Crippen molar-refractivity contribution >= 4 is 40.6 Å². The number of anilines is 2. The zero-order valence-electron chi connectivity index (χ0n) is 13.6. The van der Waals surface area contributed by atoms with Gasteiger partial charge in [-0.2, -0.15) is 0 Å². The third-order valence-corrected chi connectivity index (χ3v) is 5.40. The minimum absolute atomic E-state index is 0.200. The van der Waals surface area contributed by atoms with Crippen LogP contribution in [0.25, 0.3) is 0 Å². The summed E-state index contributed by atoms with van der Waals surface area (Å²) in [7, 11) is 0. The number of hydrogen-bond donors (Lipinski definition) is 1. The molecule has 1 fully saturated rings. The third kappa shape index (κ3) is 4.18. The molecule has 0 unspecified atom stereocenters. The van der Waals surface area contributed by atoms with Gasteiger partial charge in [-0.15, -0.1) is 11.3 Å². The van der Waals surface area contributed by atoms with Crippen LogP contribution in [-0.4, -0.2) is 53.2 Å². The van der Waals surface area contributed by atoms with Gasteiger partial charge in [-0.05, 0) is 24.1 Å². The summed E-state index contributed by atoms with van der Waals surface area (Å²) in [6.07, 6.45) is 3.36. The molecule has 2 N–H and O–H groups in total. The van der Waals surface area contributed by atoms with Crippen LogP contribution in [0.5, 0.6) is 0 Å². The molecule has 0 radical (unpaired) electrons. The van der Waals surface area contributed by atoms with Gasteiger partial charge in [-0.3, -0.25) is 4.79 Å². The maximum atomic E-state index is 12.5. The number of aromatic nitrogens is 2. The van der Waals surface area contributed by atoms with Crippen LogP contribution in [0.3, 0.4) is 0 Å². The van der Waals surface area contributed by atoms with Crippen molar-refractivity contribution in [1.29, 1.82) is 0 Å². The highest BCUT2D eigenvalue weighted by Gasteiger charge is 2.21. The van der Waals surface area contributed by atoms with Gasteiger partial charge in [0.05, 0.1) is 6.42 Å². The standard InChI is InChI=1S/C16H21N5OS2/c1-23-16-18-13(17)11-14(19-16)20-5-3-6-21(8-7-20)15(22)10-12-4-2-9-24-12/h2,4,9,11H,3,5-8,10H2,1H3,(H2,17,18,19). The molecule has 3 rings (SSSR count). The molecule has 6 nitrogen and oxygen atoms in total. The molecule has 2 aromatic rings. The molecule has 0 atom stereocenters. The van der Waals surface area contributed by atoms with Crippen molar-refractivity contribution in [3.05, 3.63) is 28.5 Å². The minimum Gasteiger partial charge on any atom is -0.383 e. The molecule has 1 amide bonds. The highest BCUT2D eigenvalue weighted by Crippen LogP contribution is 2.20. The highest BCUT2D eigenvalue weighted by atomic mass is 32.2. The lowest BCUT2D eigenvalue weighted by Gasteiger charge is -2.23. The van der Waals surface area contributed by atoms with Crippen LogP contribution < -0.4 is 10.6 Å². The first-order valence-corrected chi connectivity index (χ1v) is 10.00. The van der Waals surface area contributed by atoms with Gasteiger partial charge in [-0.25, -0.2) is 9.97 Å². The Morgan fingerprint density at radius 1 is 1.33 bits per heavy atom. The topological polar surface area (TPSA) is 75.3 Å². The molecule has 1 saturated heterocycles. The molecule has 0 aliphatic carbocycles. The monoisotopic (exact) mass is 363 g/mol. The second kappa shape index (κ2) is 7.85. The number of rotatable bonds is 4. The number of thiophene rings is 1. The normalized spacial score (nSPS) is 15.4. The summed E-state index contributed by atoms with van der Waals surface area (Å²) in [6.45, 7) is 3.13. The van der Waals surface area contributed by atoms with Crippen molar-refractivity contribution in [2.75, 3.05) is 43.1 Å². The van der Waals surface area contributed by atoms with Crippen LogP contribution in [-0.2, 0) is 11.2 Å². The molecular formula is C16H21N5OS2. The van der Waals surface area contributed by atoms with Gasteiger partial charge in [0.25, 0.3) is 0 Å². The average molecular weight is 364 g/mol. The molecule has 0 saturated carbocycles. The molecular weight excluding hydrogens is 342 g/mol. The van der Waals surface area contributed by atoms with Gasteiger partial charge in [0.15, 0.2) is 5.16 Å². The van der Waals surface area contributed by atoms with Crippen LogP contribution in [0.4, 0.5) is 11.6 Å². The Morgan fingerprint density at radius 2 is 2.21 bits per heavy atom. The smallest absolute Gasteiger partial charge is 0.227 e. The zero-order chi connectivity index (χ0) is 16.9. The summed E-state index contributed by atoms with van der Waals surface area (Å²) in [4.78, 5) is 26.5. The number of carbonyl (C=O) groups excluding carboxylic acids is 1. The number of nitrogen functional groups attached to an aromatic ring is 1. The van der Waals surface area contributed by atoms with Crippen molar-refractivity contribution in [3.63, 3.8) is 0 Å². The van der Waals surface area contributed by atoms with Crippen LogP contribution in [0.2, 0.25) is 0 Å². The number of nitrogens with two attached hydrogens (primary N) is 1. The fourth-order valence-corrected chi connectivity index (χ4v) is 3.83. The molecule has 1 aliphatic heterocycles. The molecule has 1 aliphatic rings. The first-order chi connectivity index (χ1) is 11.7. The van der Waals surface area contributed by atoms with E-state index in [0.29, 0.717) is 23.9 Å². The number of thioether (sulfide) groups is 1. The first-order valence-electron chi connectivity index (χ1n) is 7.89. The number of carbonyl (C=O) groups is 1. The number of nitrogens with zero attached hydrogens (tertiary/aromatic N) is 4. The molecule has 8 heteroatoms. The van der Waals surface area contributed by atoms with E-state index in [0.717, 1.165) is 36.8 Å². The van der Waals surface area contributed by atoms with Gasteiger partial charge in [0, 0.05) is 37.1 Å². The number of amides is 1. The van der Waals surface area contributed by atoms with Crippen LogP contribution in [0.15, 0.2) is 28.7 Å². The van der Waals surface area contributed by atoms with E-state index in [2.05, 4.69) is 14.9 Å². The predicted molar refractivity (Wildman–Crippen MR) is 99.7 cm³/mol. The first kappa shape index (κ1) is 17.0. The lowest BCUT2D eigenvalue weighted by Crippen LogP contribution is -2.36. The highest BCUT2D eigenvalue weighted by molar-refractivity contribution is 7.98. The van der Waals surface area contributed by atoms with Gasteiger partial charge in [0.2, 0.25) is 5.91 Å². The summed E-state index contributed by atoms with van der Waals surface area (Å²) < 4.78 is 0. The lowest BCUT2D eigenvalue weighted by molar-refractivity contribution is -0.130. The third-order valence-electron chi connectivity index (χ3n) is 3.97. The Morgan fingerprint density at radius 3 is 2.96 bits per heavy atom. The summed E-state index contributed by atoms with van der Waals surface area (Å²) >= 11 is 3.11. The molecule has 2 aromatic heterocycles. The maximum Gasteiger partial charge on any atom is 0.227 e. The second-order valence-corrected chi connectivity index (χ2v) is 7.42. The van der Waals surface area contributed by atoms with Gasteiger partial charge < -0.3 is 15.5 Å². The minimum atomic E-state index is 0.200. The van der Waals surface area contributed by atoms with Crippen molar-refractivity contribution in [3.8, 4) is 0 Å². The van der Waals surface area contributed by atoms with Crippen molar-refractivity contribution in [1.82, 2.24) is 14.9 Å². The van der Waals surface area contributed by atoms with E-state index < -0.39 is 0 Å². The van der Waals surface area contributed by atoms with E-state index in [-0.39, 0.29) is 5.91 Å². The van der Waals surface area contributed by atoms with E-state index in [9.17, 15) is 4.79 Å².